The maximum Gasteiger partial charge on any atom is 0.339 e. The average molecular weight is 258 g/mol. The second-order valence-corrected chi connectivity index (χ2v) is 3.39. The van der Waals surface area contributed by atoms with Crippen LogP contribution >= 0.6 is 0 Å². The van der Waals surface area contributed by atoms with Gasteiger partial charge in [0.1, 0.15) is 5.75 Å². The van der Waals surface area contributed by atoms with E-state index in [9.17, 15) is 14.3 Å². The zero-order valence-electron chi connectivity index (χ0n) is 10.4. The van der Waals surface area contributed by atoms with Crippen LogP contribution in [-0.2, 0) is 9.53 Å². The van der Waals surface area contributed by atoms with Crippen molar-refractivity contribution in [2.75, 3.05) is 20.8 Å². The third kappa shape index (κ3) is 2.89. The minimum atomic E-state index is -1.71. The van der Waals surface area contributed by atoms with E-state index in [2.05, 4.69) is 4.74 Å². The van der Waals surface area contributed by atoms with Gasteiger partial charge in [0, 0.05) is 11.6 Å². The molecule has 0 aliphatic carbocycles. The zero-order valence-corrected chi connectivity index (χ0v) is 10.4. The molecule has 6 heteroatoms. The summed E-state index contributed by atoms with van der Waals surface area (Å²) in [4.78, 5) is 11.4. The Morgan fingerprint density at radius 1 is 1.39 bits per heavy atom. The maximum absolute atomic E-state index is 13.9. The van der Waals surface area contributed by atoms with Crippen molar-refractivity contribution in [1.29, 1.82) is 0 Å². The van der Waals surface area contributed by atoms with E-state index in [-0.39, 0.29) is 23.7 Å². The van der Waals surface area contributed by atoms with Gasteiger partial charge in [-0.25, -0.2) is 9.18 Å². The summed E-state index contributed by atoms with van der Waals surface area (Å²) in [6, 6.07) is 2.54. The molecule has 0 saturated carbocycles. The van der Waals surface area contributed by atoms with Gasteiger partial charge in [0.05, 0.1) is 20.8 Å². The van der Waals surface area contributed by atoms with Crippen LogP contribution in [0.5, 0.6) is 11.5 Å². The fraction of sp³-hybridized carbons (Fsp3) is 0.417. The summed E-state index contributed by atoms with van der Waals surface area (Å²) in [7, 11) is 2.66. The molecule has 0 saturated heterocycles. The Kier molecular flexibility index (Phi) is 4.91. The molecule has 1 atom stereocenters. The first-order chi connectivity index (χ1) is 8.54. The summed E-state index contributed by atoms with van der Waals surface area (Å²) < 4.78 is 28.2. The van der Waals surface area contributed by atoms with Gasteiger partial charge in [-0.05, 0) is 13.0 Å². The molecule has 0 spiro atoms. The Hall–Kier alpha value is -1.82. The number of rotatable bonds is 5. The van der Waals surface area contributed by atoms with Crippen molar-refractivity contribution in [1.82, 2.24) is 0 Å². The number of aliphatic hydroxyl groups is 1. The molecule has 1 unspecified atom stereocenters. The molecule has 1 aromatic carbocycles. The van der Waals surface area contributed by atoms with Gasteiger partial charge in [0.25, 0.3) is 0 Å². The molecule has 0 heterocycles. The predicted molar refractivity (Wildman–Crippen MR) is 61.1 cm³/mol. The first-order valence-corrected chi connectivity index (χ1v) is 5.31. The van der Waals surface area contributed by atoms with Crippen LogP contribution in [0.2, 0.25) is 0 Å². The topological polar surface area (TPSA) is 65.0 Å². The normalized spacial score (nSPS) is 11.8. The molecule has 0 amide bonds. The van der Waals surface area contributed by atoms with Crippen LogP contribution in [0.15, 0.2) is 12.1 Å². The first kappa shape index (κ1) is 14.2. The number of aliphatic hydroxyl groups excluding tert-OH is 1. The third-order valence-electron chi connectivity index (χ3n) is 2.30. The number of hydrogen-bond acceptors (Lipinski definition) is 5. The molecule has 1 aromatic rings. The highest BCUT2D eigenvalue weighted by Crippen LogP contribution is 2.31. The van der Waals surface area contributed by atoms with Crippen LogP contribution in [0.4, 0.5) is 4.39 Å². The molecule has 0 fully saturated rings. The molecule has 18 heavy (non-hydrogen) atoms. The lowest BCUT2D eigenvalue weighted by atomic mass is 10.1. The Morgan fingerprint density at radius 3 is 2.56 bits per heavy atom. The number of halogens is 1. The van der Waals surface area contributed by atoms with Crippen molar-refractivity contribution < 1.29 is 28.5 Å². The van der Waals surface area contributed by atoms with Crippen LogP contribution in [0.3, 0.4) is 0 Å². The van der Waals surface area contributed by atoms with Crippen molar-refractivity contribution in [2.45, 2.75) is 13.0 Å². The standard InChI is InChI=1S/C12H15FO5/c1-4-18-12(15)11(14)8-5-7(16-2)6-9(17-3)10(8)13/h5-6,11,14H,4H2,1-3H3. The van der Waals surface area contributed by atoms with Crippen LogP contribution in [0.25, 0.3) is 0 Å². The molecular formula is C12H15FO5. The van der Waals surface area contributed by atoms with Gasteiger partial charge in [0.15, 0.2) is 17.7 Å². The van der Waals surface area contributed by atoms with Crippen molar-refractivity contribution in [3.8, 4) is 11.5 Å². The largest absolute Gasteiger partial charge is 0.497 e. The Labute approximate surface area is 104 Å². The number of methoxy groups -OCH3 is 2. The minimum absolute atomic E-state index is 0.0958. The monoisotopic (exact) mass is 258 g/mol. The smallest absolute Gasteiger partial charge is 0.339 e. The highest BCUT2D eigenvalue weighted by Gasteiger charge is 2.25. The van der Waals surface area contributed by atoms with E-state index in [4.69, 9.17) is 9.47 Å². The number of ether oxygens (including phenoxy) is 3. The summed E-state index contributed by atoms with van der Waals surface area (Å²) in [5, 5.41) is 9.72. The van der Waals surface area contributed by atoms with Gasteiger partial charge in [-0.3, -0.25) is 0 Å². The molecule has 0 radical (unpaired) electrons. The van der Waals surface area contributed by atoms with E-state index >= 15 is 0 Å². The molecular weight excluding hydrogens is 243 g/mol. The van der Waals surface area contributed by atoms with Crippen molar-refractivity contribution in [2.24, 2.45) is 0 Å². The van der Waals surface area contributed by atoms with Gasteiger partial charge in [-0.1, -0.05) is 0 Å². The first-order valence-electron chi connectivity index (χ1n) is 5.31. The SMILES string of the molecule is CCOC(=O)C(O)c1cc(OC)cc(OC)c1F. The summed E-state index contributed by atoms with van der Waals surface area (Å²) in [6.45, 7) is 1.69. The minimum Gasteiger partial charge on any atom is -0.497 e. The molecule has 0 aliphatic heterocycles. The van der Waals surface area contributed by atoms with E-state index < -0.39 is 17.9 Å². The van der Waals surface area contributed by atoms with Gasteiger partial charge in [-0.2, -0.15) is 0 Å². The number of esters is 1. The van der Waals surface area contributed by atoms with E-state index in [1.165, 1.54) is 26.4 Å². The Balaban J connectivity index is 3.17. The third-order valence-corrected chi connectivity index (χ3v) is 2.30. The fourth-order valence-corrected chi connectivity index (χ4v) is 1.41. The van der Waals surface area contributed by atoms with Crippen LogP contribution in [-0.4, -0.2) is 31.9 Å². The highest BCUT2D eigenvalue weighted by atomic mass is 19.1. The van der Waals surface area contributed by atoms with Gasteiger partial charge >= 0.3 is 5.97 Å². The van der Waals surface area contributed by atoms with E-state index in [1.54, 1.807) is 6.92 Å². The molecule has 100 valence electrons. The highest BCUT2D eigenvalue weighted by molar-refractivity contribution is 5.76. The second kappa shape index (κ2) is 6.20. The van der Waals surface area contributed by atoms with Crippen LogP contribution in [0.1, 0.15) is 18.6 Å². The summed E-state index contributed by atoms with van der Waals surface area (Å²) in [5.41, 5.74) is -0.246. The summed E-state index contributed by atoms with van der Waals surface area (Å²) in [6.07, 6.45) is -1.71. The van der Waals surface area contributed by atoms with Crippen LogP contribution in [0, 0.1) is 5.82 Å². The van der Waals surface area contributed by atoms with Gasteiger partial charge in [0.2, 0.25) is 0 Å². The van der Waals surface area contributed by atoms with Crippen molar-refractivity contribution >= 4 is 5.97 Å². The van der Waals surface area contributed by atoms with E-state index in [1.807, 2.05) is 0 Å². The number of carbonyl (C=O) groups is 1. The van der Waals surface area contributed by atoms with Crippen LogP contribution < -0.4 is 9.47 Å². The fourth-order valence-electron chi connectivity index (χ4n) is 1.41. The average Bonchev–Trinajstić information content (AvgIpc) is 2.38. The summed E-state index contributed by atoms with van der Waals surface area (Å²) in [5.74, 6) is -1.59. The van der Waals surface area contributed by atoms with Crippen molar-refractivity contribution in [3.63, 3.8) is 0 Å². The second-order valence-electron chi connectivity index (χ2n) is 3.39. The molecule has 1 N–H and O–H groups in total. The number of benzene rings is 1. The summed E-state index contributed by atoms with van der Waals surface area (Å²) >= 11 is 0. The molecule has 1 rings (SSSR count). The predicted octanol–water partition coefficient (Wildman–Crippen LogP) is 1.44. The Morgan fingerprint density at radius 2 is 2.06 bits per heavy atom. The lowest BCUT2D eigenvalue weighted by molar-refractivity contribution is -0.153. The van der Waals surface area contributed by atoms with Gasteiger partial charge in [-0.15, -0.1) is 0 Å². The number of carbonyl (C=O) groups excluding carboxylic acids is 1. The number of hydrogen-bond donors (Lipinski definition) is 1. The van der Waals surface area contributed by atoms with E-state index in [0.717, 1.165) is 0 Å². The molecule has 0 bridgehead atoms. The zero-order chi connectivity index (χ0) is 13.7. The maximum atomic E-state index is 13.9. The molecule has 0 aromatic heterocycles. The lowest BCUT2D eigenvalue weighted by Crippen LogP contribution is -2.17. The van der Waals surface area contributed by atoms with E-state index in [0.29, 0.717) is 0 Å². The molecule has 0 aliphatic rings. The Bertz CT molecular complexity index is 433. The van der Waals surface area contributed by atoms with Gasteiger partial charge < -0.3 is 19.3 Å². The molecule has 5 nitrogen and oxygen atoms in total. The lowest BCUT2D eigenvalue weighted by Gasteiger charge is -2.14. The quantitative estimate of drug-likeness (QED) is 0.809. The van der Waals surface area contributed by atoms with Crippen molar-refractivity contribution in [3.05, 3.63) is 23.5 Å².